The van der Waals surface area contributed by atoms with E-state index in [2.05, 4.69) is 19.2 Å². The second-order valence-corrected chi connectivity index (χ2v) is 19.9. The number of amides is 1. The van der Waals surface area contributed by atoms with Crippen molar-refractivity contribution >= 4 is 13.7 Å². The molecule has 57 heavy (non-hydrogen) atoms. The van der Waals surface area contributed by atoms with Crippen molar-refractivity contribution in [2.75, 3.05) is 40.9 Å². The minimum Gasteiger partial charge on any atom is -0.756 e. The summed E-state index contributed by atoms with van der Waals surface area (Å²) in [5.74, 6) is -0.161. The topological polar surface area (TPSA) is 108 Å². The molecular formula is C48H99N2O6P. The third-order valence-corrected chi connectivity index (χ3v) is 12.6. The van der Waals surface area contributed by atoms with Gasteiger partial charge in [-0.1, -0.05) is 232 Å². The number of unbranched alkanes of at least 4 members (excludes halogenated alkanes) is 33. The van der Waals surface area contributed by atoms with Crippen molar-refractivity contribution in [1.82, 2.24) is 5.32 Å². The molecule has 1 amide bonds. The molecule has 0 aromatic rings. The quantitative estimate of drug-likeness (QED) is 0.0359. The van der Waals surface area contributed by atoms with Gasteiger partial charge in [-0.15, -0.1) is 0 Å². The van der Waals surface area contributed by atoms with Crippen LogP contribution in [0.2, 0.25) is 0 Å². The molecule has 8 nitrogen and oxygen atoms in total. The van der Waals surface area contributed by atoms with Crippen molar-refractivity contribution in [3.63, 3.8) is 0 Å². The largest absolute Gasteiger partial charge is 0.756 e. The van der Waals surface area contributed by atoms with Gasteiger partial charge in [0, 0.05) is 6.42 Å². The molecule has 0 rings (SSSR count). The first-order valence-corrected chi connectivity index (χ1v) is 26.3. The van der Waals surface area contributed by atoms with E-state index in [1.54, 1.807) is 0 Å². The molecule has 342 valence electrons. The molecule has 0 fully saturated rings. The molecule has 0 aliphatic rings. The summed E-state index contributed by atoms with van der Waals surface area (Å²) < 4.78 is 23.2. The maximum Gasteiger partial charge on any atom is 0.268 e. The number of phosphoric ester groups is 1. The highest BCUT2D eigenvalue weighted by Crippen LogP contribution is 2.38. The number of aliphatic hydroxyl groups is 1. The van der Waals surface area contributed by atoms with Gasteiger partial charge in [-0.25, -0.2) is 0 Å². The van der Waals surface area contributed by atoms with Gasteiger partial charge in [0.2, 0.25) is 5.91 Å². The van der Waals surface area contributed by atoms with Crippen LogP contribution in [0, 0.1) is 0 Å². The molecule has 0 aliphatic carbocycles. The molecule has 0 spiro atoms. The Morgan fingerprint density at radius 2 is 0.860 bits per heavy atom. The first-order valence-electron chi connectivity index (χ1n) is 24.9. The summed E-state index contributed by atoms with van der Waals surface area (Å²) >= 11 is 0. The number of likely N-dealkylation sites (N-methyl/N-ethyl adjacent to an activating group) is 1. The molecule has 3 atom stereocenters. The monoisotopic (exact) mass is 831 g/mol. The average Bonchev–Trinajstić information content (AvgIpc) is 3.16. The summed E-state index contributed by atoms with van der Waals surface area (Å²) in [7, 11) is 1.32. The molecular weight excluding hydrogens is 732 g/mol. The number of quaternary nitrogens is 1. The molecule has 0 aromatic carbocycles. The van der Waals surface area contributed by atoms with Crippen LogP contribution in [0.1, 0.15) is 251 Å². The predicted octanol–water partition coefficient (Wildman–Crippen LogP) is 13.5. The predicted molar refractivity (Wildman–Crippen MR) is 243 cm³/mol. The number of nitrogens with zero attached hydrogens (tertiary/aromatic N) is 1. The summed E-state index contributed by atoms with van der Waals surface area (Å²) in [5, 5.41) is 13.9. The first kappa shape index (κ1) is 56.5. The van der Waals surface area contributed by atoms with Crippen molar-refractivity contribution < 1.29 is 32.9 Å². The SMILES string of the molecule is CCCCCCCCCCCCCCCCCCCCCCCCCCCCC(=O)N[C@@H](COP(=O)([O-])OCC[N+](C)(C)C)[C@H](O)CCCCCCCCCCC. The number of aliphatic hydroxyl groups excluding tert-OH is 1. The van der Waals surface area contributed by atoms with E-state index in [4.69, 9.17) is 9.05 Å². The number of carbonyl (C=O) groups is 1. The van der Waals surface area contributed by atoms with E-state index in [0.717, 1.165) is 38.5 Å². The third kappa shape index (κ3) is 43.4. The zero-order valence-electron chi connectivity index (χ0n) is 38.8. The van der Waals surface area contributed by atoms with Crippen molar-refractivity contribution in [3.05, 3.63) is 0 Å². The van der Waals surface area contributed by atoms with E-state index in [9.17, 15) is 19.4 Å². The standard InChI is InChI=1S/C48H99N2O6P/c1-6-8-10-12-14-16-17-18-19-20-21-22-23-24-25-26-27-28-29-30-31-32-34-36-38-40-42-48(52)49-46(45-56-57(53,54)55-44-43-50(3,4)5)47(51)41-39-37-35-33-15-13-11-9-7-2/h46-47,51H,6-45H2,1-5H3,(H-,49,52,53,54)/t46-,47+/m0/s1. The fourth-order valence-corrected chi connectivity index (χ4v) is 8.35. The second-order valence-electron chi connectivity index (χ2n) is 18.5. The highest BCUT2D eigenvalue weighted by molar-refractivity contribution is 7.45. The molecule has 0 aromatic heterocycles. The minimum absolute atomic E-state index is 0.0158. The normalized spacial score (nSPS) is 14.2. The van der Waals surface area contributed by atoms with Crippen LogP contribution in [0.5, 0.6) is 0 Å². The van der Waals surface area contributed by atoms with Gasteiger partial charge in [0.05, 0.1) is 39.9 Å². The summed E-state index contributed by atoms with van der Waals surface area (Å²) in [6, 6.07) is -0.792. The molecule has 0 aliphatic heterocycles. The molecule has 0 heterocycles. The third-order valence-electron chi connectivity index (χ3n) is 11.6. The highest BCUT2D eigenvalue weighted by atomic mass is 31.2. The molecule has 0 saturated carbocycles. The lowest BCUT2D eigenvalue weighted by atomic mass is 10.0. The Labute approximate surface area is 355 Å². The van der Waals surface area contributed by atoms with Crippen LogP contribution in [-0.4, -0.2) is 68.5 Å². The number of hydrogen-bond donors (Lipinski definition) is 2. The highest BCUT2D eigenvalue weighted by Gasteiger charge is 2.24. The lowest BCUT2D eigenvalue weighted by molar-refractivity contribution is -0.870. The van der Waals surface area contributed by atoms with Gasteiger partial charge in [-0.3, -0.25) is 9.36 Å². The van der Waals surface area contributed by atoms with Crippen LogP contribution in [0.3, 0.4) is 0 Å². The van der Waals surface area contributed by atoms with Crippen molar-refractivity contribution in [3.8, 4) is 0 Å². The Balaban J connectivity index is 4.00. The molecule has 9 heteroatoms. The van der Waals surface area contributed by atoms with Crippen LogP contribution in [-0.2, 0) is 18.4 Å². The molecule has 2 N–H and O–H groups in total. The number of hydrogen-bond acceptors (Lipinski definition) is 6. The van der Waals surface area contributed by atoms with Gasteiger partial charge in [-0.05, 0) is 12.8 Å². The number of nitrogens with one attached hydrogen (secondary N) is 1. The molecule has 1 unspecified atom stereocenters. The van der Waals surface area contributed by atoms with E-state index in [-0.39, 0.29) is 19.1 Å². The summed E-state index contributed by atoms with van der Waals surface area (Å²) in [4.78, 5) is 25.3. The zero-order valence-corrected chi connectivity index (χ0v) is 39.7. The average molecular weight is 831 g/mol. The van der Waals surface area contributed by atoms with Gasteiger partial charge in [0.25, 0.3) is 7.82 Å². The minimum atomic E-state index is -4.55. The van der Waals surface area contributed by atoms with Crippen molar-refractivity contribution in [1.29, 1.82) is 0 Å². The van der Waals surface area contributed by atoms with Gasteiger partial charge < -0.3 is 28.8 Å². The number of phosphoric acid groups is 1. The lowest BCUT2D eigenvalue weighted by Gasteiger charge is -2.30. The number of rotatable bonds is 46. The van der Waals surface area contributed by atoms with E-state index in [1.165, 1.54) is 186 Å². The lowest BCUT2D eigenvalue weighted by Crippen LogP contribution is -2.46. The van der Waals surface area contributed by atoms with E-state index in [0.29, 0.717) is 23.9 Å². The van der Waals surface area contributed by atoms with Crippen molar-refractivity contribution in [2.24, 2.45) is 0 Å². The Hall–Kier alpha value is -0.500. The molecule has 0 bridgehead atoms. The van der Waals surface area contributed by atoms with E-state index in [1.807, 2.05) is 21.1 Å². The summed E-state index contributed by atoms with van der Waals surface area (Å²) in [5.41, 5.74) is 0. The zero-order chi connectivity index (χ0) is 42.1. The van der Waals surface area contributed by atoms with Crippen LogP contribution < -0.4 is 10.2 Å². The molecule has 0 saturated heterocycles. The van der Waals surface area contributed by atoms with Gasteiger partial charge in [-0.2, -0.15) is 0 Å². The first-order chi connectivity index (χ1) is 27.5. The Morgan fingerprint density at radius 3 is 1.19 bits per heavy atom. The fourth-order valence-electron chi connectivity index (χ4n) is 7.63. The summed E-state index contributed by atoms with van der Waals surface area (Å²) in [6.07, 6.45) is 45.7. The van der Waals surface area contributed by atoms with E-state index >= 15 is 0 Å². The van der Waals surface area contributed by atoms with Crippen LogP contribution in [0.4, 0.5) is 0 Å². The van der Waals surface area contributed by atoms with Crippen molar-refractivity contribution in [2.45, 2.75) is 264 Å². The van der Waals surface area contributed by atoms with Crippen LogP contribution >= 0.6 is 7.82 Å². The van der Waals surface area contributed by atoms with E-state index < -0.39 is 20.0 Å². The van der Waals surface area contributed by atoms with Gasteiger partial charge >= 0.3 is 0 Å². The van der Waals surface area contributed by atoms with Crippen LogP contribution in [0.15, 0.2) is 0 Å². The Bertz CT molecular complexity index is 901. The maximum absolute atomic E-state index is 12.9. The Morgan fingerprint density at radius 1 is 0.544 bits per heavy atom. The maximum atomic E-state index is 12.9. The van der Waals surface area contributed by atoms with Gasteiger partial charge in [0.1, 0.15) is 13.2 Å². The molecule has 0 radical (unpaired) electrons. The fraction of sp³-hybridized carbons (Fsp3) is 0.979. The van der Waals surface area contributed by atoms with Gasteiger partial charge in [0.15, 0.2) is 0 Å². The number of carbonyl (C=O) groups excluding carboxylic acids is 1. The summed E-state index contributed by atoms with van der Waals surface area (Å²) in [6.45, 7) is 4.72. The Kier molecular flexibility index (Phi) is 40.5. The second kappa shape index (κ2) is 40.9. The van der Waals surface area contributed by atoms with Crippen LogP contribution in [0.25, 0.3) is 0 Å². The smallest absolute Gasteiger partial charge is 0.268 e.